The summed E-state index contributed by atoms with van der Waals surface area (Å²) < 4.78 is 21.2. The largest absolute Gasteiger partial charge is 0.494 e. The van der Waals surface area contributed by atoms with Crippen molar-refractivity contribution in [2.45, 2.75) is 118 Å². The number of carbonyl (C=O) groups excluding carboxylic acids is 2. The molecule has 9 atom stereocenters. The van der Waals surface area contributed by atoms with E-state index in [2.05, 4.69) is 46.0 Å². The molecule has 314 valence electrons. The maximum Gasteiger partial charge on any atom is 0.341 e. The molecule has 0 aliphatic heterocycles. The monoisotopic (exact) mass is 823 g/mol. The number of hydrogen-bond acceptors (Lipinski definition) is 7. The van der Waals surface area contributed by atoms with Crippen LogP contribution >= 0.6 is 23.2 Å². The van der Waals surface area contributed by atoms with Crippen LogP contribution in [-0.2, 0) is 9.47 Å². The van der Waals surface area contributed by atoms with Crippen LogP contribution in [0.25, 0.3) is 5.57 Å². The number of nitrogens with one attached hydrogen (secondary N) is 1. The van der Waals surface area contributed by atoms with E-state index in [4.69, 9.17) is 42.1 Å². The van der Waals surface area contributed by atoms with Crippen LogP contribution in [-0.4, -0.2) is 53.0 Å². The third-order valence-electron chi connectivity index (χ3n) is 15.5. The molecule has 0 heterocycles. The first kappa shape index (κ1) is 43.8. The van der Waals surface area contributed by atoms with Crippen LogP contribution in [0.4, 0.5) is 0 Å². The molecule has 0 radical (unpaired) electrons. The third-order valence-corrected chi connectivity index (χ3v) is 16.1. The van der Waals surface area contributed by atoms with Crippen molar-refractivity contribution in [1.29, 1.82) is 0 Å². The van der Waals surface area contributed by atoms with Gasteiger partial charge in [0.25, 0.3) is 0 Å². The molecule has 4 aliphatic rings. The van der Waals surface area contributed by atoms with E-state index in [0.717, 1.165) is 53.4 Å². The van der Waals surface area contributed by atoms with Gasteiger partial charge in [-0.3, -0.25) is 0 Å². The smallest absolute Gasteiger partial charge is 0.341 e. The van der Waals surface area contributed by atoms with Gasteiger partial charge in [-0.1, -0.05) is 83.2 Å². The SMILES string of the molecule is COC(=O)c1cc(C(=CCNC2CCC3(C)C(CCC4C3CCC3(C)C(C(C)CCCC(C)C)CCC43)C2)c2cc(Cl)c(OC)c(C(=O)OC)c2)cc(Cl)c1OC. The fourth-order valence-electron chi connectivity index (χ4n) is 12.6. The summed E-state index contributed by atoms with van der Waals surface area (Å²) in [5, 5.41) is 4.42. The number of methoxy groups -OCH3 is 4. The number of benzene rings is 2. The van der Waals surface area contributed by atoms with Crippen molar-refractivity contribution in [3.63, 3.8) is 0 Å². The second kappa shape index (κ2) is 18.3. The number of halogens is 2. The highest BCUT2D eigenvalue weighted by atomic mass is 35.5. The van der Waals surface area contributed by atoms with E-state index in [0.29, 0.717) is 34.5 Å². The Morgan fingerprint density at radius 1 is 0.772 bits per heavy atom. The summed E-state index contributed by atoms with van der Waals surface area (Å²) >= 11 is 13.4. The highest BCUT2D eigenvalue weighted by molar-refractivity contribution is 6.33. The van der Waals surface area contributed by atoms with Crippen molar-refractivity contribution in [2.24, 2.45) is 52.3 Å². The summed E-state index contributed by atoms with van der Waals surface area (Å²) in [4.78, 5) is 25.8. The van der Waals surface area contributed by atoms with Gasteiger partial charge < -0.3 is 24.3 Å². The second-order valence-corrected chi connectivity index (χ2v) is 19.6. The summed E-state index contributed by atoms with van der Waals surface area (Å²) in [5.74, 6) is 5.18. The molecule has 7 nitrogen and oxygen atoms in total. The van der Waals surface area contributed by atoms with E-state index in [1.54, 1.807) is 24.3 Å². The van der Waals surface area contributed by atoms with Crippen LogP contribution in [0.3, 0.4) is 0 Å². The van der Waals surface area contributed by atoms with Crippen LogP contribution < -0.4 is 14.8 Å². The van der Waals surface area contributed by atoms with E-state index in [1.807, 2.05) is 0 Å². The molecule has 2 aromatic carbocycles. The maximum absolute atomic E-state index is 12.9. The summed E-state index contributed by atoms with van der Waals surface area (Å²) in [6.45, 7) is 13.2. The Labute approximate surface area is 352 Å². The van der Waals surface area contributed by atoms with Gasteiger partial charge in [-0.15, -0.1) is 0 Å². The molecule has 2 aromatic rings. The van der Waals surface area contributed by atoms with Crippen molar-refractivity contribution in [3.05, 3.63) is 62.6 Å². The summed E-state index contributed by atoms with van der Waals surface area (Å²) in [6.07, 6.45) is 18.2. The van der Waals surface area contributed by atoms with Gasteiger partial charge in [0.1, 0.15) is 11.1 Å². The normalized spacial score (nSPS) is 29.8. The number of ether oxygens (including phenoxy) is 4. The highest BCUT2D eigenvalue weighted by Crippen LogP contribution is 2.68. The molecule has 4 fully saturated rings. The van der Waals surface area contributed by atoms with E-state index in [9.17, 15) is 9.59 Å². The molecule has 0 saturated heterocycles. The second-order valence-electron chi connectivity index (χ2n) is 18.7. The molecule has 0 amide bonds. The van der Waals surface area contributed by atoms with Gasteiger partial charge >= 0.3 is 11.9 Å². The minimum Gasteiger partial charge on any atom is -0.494 e. The van der Waals surface area contributed by atoms with Crippen LogP contribution in [0.15, 0.2) is 30.3 Å². The Kier molecular flexibility index (Phi) is 14.0. The average molecular weight is 825 g/mol. The highest BCUT2D eigenvalue weighted by Gasteiger charge is 2.60. The van der Waals surface area contributed by atoms with Gasteiger partial charge in [0, 0.05) is 12.6 Å². The van der Waals surface area contributed by atoms with E-state index in [1.165, 1.54) is 99.1 Å². The van der Waals surface area contributed by atoms with Crippen LogP contribution in [0.5, 0.6) is 11.5 Å². The lowest BCUT2D eigenvalue weighted by Gasteiger charge is -2.61. The lowest BCUT2D eigenvalue weighted by atomic mass is 9.44. The van der Waals surface area contributed by atoms with Crippen LogP contribution in [0.2, 0.25) is 10.0 Å². The van der Waals surface area contributed by atoms with Crippen molar-refractivity contribution < 1.29 is 28.5 Å². The van der Waals surface area contributed by atoms with Crippen molar-refractivity contribution in [3.8, 4) is 11.5 Å². The number of esters is 2. The molecule has 4 aliphatic carbocycles. The number of hydrogen-bond donors (Lipinski definition) is 1. The minimum absolute atomic E-state index is 0.198. The zero-order valence-electron chi connectivity index (χ0n) is 35.9. The molecular weight excluding hydrogens is 757 g/mol. The number of rotatable bonds is 14. The Hall–Kier alpha value is -2.74. The summed E-state index contributed by atoms with van der Waals surface area (Å²) in [6, 6.07) is 7.32. The van der Waals surface area contributed by atoms with Gasteiger partial charge in [-0.2, -0.15) is 0 Å². The van der Waals surface area contributed by atoms with Gasteiger partial charge in [-0.05, 0) is 151 Å². The van der Waals surface area contributed by atoms with Gasteiger partial charge in [0.2, 0.25) is 0 Å². The van der Waals surface area contributed by atoms with Crippen LogP contribution in [0.1, 0.15) is 144 Å². The Balaban J connectivity index is 1.20. The first-order chi connectivity index (χ1) is 27.2. The standard InChI is InChI=1S/C48H67Cl2NO6/c1-28(2)11-10-12-29(3)38-15-16-39-35-14-13-32-27-33(17-20-47(32,4)40(35)18-21-48(38,39)5)51-22-19-34(30-23-36(45(52)56-8)43(54-6)41(49)25-30)31-24-37(46(53)57-9)44(55-7)42(50)26-31/h19,23-26,28-29,32-33,35,38-40,51H,10-18,20-22,27H2,1-9H3. The average Bonchev–Trinajstić information content (AvgIpc) is 3.55. The van der Waals surface area contributed by atoms with Gasteiger partial charge in [-0.25, -0.2) is 9.59 Å². The van der Waals surface area contributed by atoms with E-state index in [-0.39, 0.29) is 32.7 Å². The molecule has 0 bridgehead atoms. The minimum atomic E-state index is -0.571. The number of fused-ring (bicyclic) bond motifs is 5. The lowest BCUT2D eigenvalue weighted by molar-refractivity contribution is -0.117. The molecule has 9 unspecified atom stereocenters. The van der Waals surface area contributed by atoms with Crippen molar-refractivity contribution in [2.75, 3.05) is 35.0 Å². The first-order valence-electron chi connectivity index (χ1n) is 21.6. The molecule has 6 rings (SSSR count). The fraction of sp³-hybridized carbons (Fsp3) is 0.667. The molecule has 4 saturated carbocycles. The van der Waals surface area contributed by atoms with Crippen molar-refractivity contribution >= 4 is 40.7 Å². The van der Waals surface area contributed by atoms with E-state index >= 15 is 0 Å². The molecule has 0 aromatic heterocycles. The maximum atomic E-state index is 12.9. The Morgan fingerprint density at radius 2 is 1.35 bits per heavy atom. The topological polar surface area (TPSA) is 83.1 Å². The molecule has 57 heavy (non-hydrogen) atoms. The summed E-state index contributed by atoms with van der Waals surface area (Å²) in [7, 11) is 5.58. The Morgan fingerprint density at radius 3 is 1.91 bits per heavy atom. The molecular formula is C48H67Cl2NO6. The van der Waals surface area contributed by atoms with Crippen molar-refractivity contribution in [1.82, 2.24) is 5.32 Å². The predicted molar refractivity (Wildman–Crippen MR) is 231 cm³/mol. The molecule has 0 spiro atoms. The molecule has 1 N–H and O–H groups in total. The lowest BCUT2D eigenvalue weighted by Crippen LogP contribution is -2.55. The zero-order chi connectivity index (χ0) is 41.2. The summed E-state index contributed by atoms with van der Waals surface area (Å²) in [5.41, 5.74) is 3.35. The van der Waals surface area contributed by atoms with Gasteiger partial charge in [0.15, 0.2) is 11.5 Å². The zero-order valence-corrected chi connectivity index (χ0v) is 37.4. The van der Waals surface area contributed by atoms with E-state index < -0.39 is 11.9 Å². The first-order valence-corrected chi connectivity index (χ1v) is 22.3. The Bertz CT molecular complexity index is 1730. The number of carbonyl (C=O) groups is 2. The molecule has 9 heteroatoms. The fourth-order valence-corrected chi connectivity index (χ4v) is 13.2. The predicted octanol–water partition coefficient (Wildman–Crippen LogP) is 12.1. The van der Waals surface area contributed by atoms with Crippen LogP contribution in [0, 0.1) is 52.3 Å². The quantitative estimate of drug-likeness (QED) is 0.190. The third kappa shape index (κ3) is 8.64. The van der Waals surface area contributed by atoms with Gasteiger partial charge in [0.05, 0.1) is 38.5 Å².